The Hall–Kier alpha value is -0.610. The maximum atomic E-state index is 12.3. The van der Waals surface area contributed by atoms with Crippen LogP contribution in [0.15, 0.2) is 16.7 Å². The van der Waals surface area contributed by atoms with Gasteiger partial charge in [-0.2, -0.15) is 0 Å². The van der Waals surface area contributed by atoms with Gasteiger partial charge < -0.3 is 4.90 Å². The van der Waals surface area contributed by atoms with Gasteiger partial charge in [-0.3, -0.25) is 4.79 Å². The van der Waals surface area contributed by atoms with Crippen molar-refractivity contribution in [3.63, 3.8) is 0 Å². The predicted octanol–water partition coefficient (Wildman–Crippen LogP) is 3.37. The molecule has 0 aromatic carbocycles. The Morgan fingerprint density at radius 2 is 2.41 bits per heavy atom. The summed E-state index contributed by atoms with van der Waals surface area (Å²) in [5.41, 5.74) is 0.482. The maximum absolute atomic E-state index is 12.3. The van der Waals surface area contributed by atoms with Gasteiger partial charge in [-0.05, 0) is 40.8 Å². The van der Waals surface area contributed by atoms with Crippen molar-refractivity contribution in [2.45, 2.75) is 19.8 Å². The molecule has 1 aromatic rings. The van der Waals surface area contributed by atoms with E-state index in [1.54, 1.807) is 12.3 Å². The molecule has 1 aromatic heterocycles. The summed E-state index contributed by atoms with van der Waals surface area (Å²) in [5, 5.41) is 0.274. The molecule has 1 unspecified atom stereocenters. The second kappa shape index (κ2) is 5.36. The molecule has 3 nitrogen and oxygen atoms in total. The molecule has 2 rings (SSSR count). The lowest BCUT2D eigenvalue weighted by Gasteiger charge is -2.31. The van der Waals surface area contributed by atoms with Crippen molar-refractivity contribution in [1.29, 1.82) is 0 Å². The molecular weight excluding hydrogens is 304 g/mol. The van der Waals surface area contributed by atoms with Crippen LogP contribution in [0.25, 0.3) is 0 Å². The van der Waals surface area contributed by atoms with Crippen LogP contribution in [0.1, 0.15) is 30.1 Å². The molecule has 0 aliphatic carbocycles. The van der Waals surface area contributed by atoms with E-state index in [4.69, 9.17) is 11.6 Å². The van der Waals surface area contributed by atoms with Gasteiger partial charge in [-0.25, -0.2) is 4.98 Å². The first-order valence-corrected chi connectivity index (χ1v) is 6.85. The highest BCUT2D eigenvalue weighted by Gasteiger charge is 2.24. The van der Waals surface area contributed by atoms with Crippen molar-refractivity contribution in [2.24, 2.45) is 5.92 Å². The first-order valence-electron chi connectivity index (χ1n) is 5.68. The van der Waals surface area contributed by atoms with Crippen molar-refractivity contribution in [2.75, 3.05) is 13.1 Å². The zero-order valence-electron chi connectivity index (χ0n) is 9.62. The maximum Gasteiger partial charge on any atom is 0.257 e. The lowest BCUT2D eigenvalue weighted by molar-refractivity contribution is 0.0682. The van der Waals surface area contributed by atoms with E-state index < -0.39 is 0 Å². The third-order valence-electron chi connectivity index (χ3n) is 2.98. The Kier molecular flexibility index (Phi) is 4.05. The van der Waals surface area contributed by atoms with E-state index in [1.165, 1.54) is 6.42 Å². The molecule has 1 fully saturated rings. The minimum absolute atomic E-state index is 0.0182. The monoisotopic (exact) mass is 316 g/mol. The van der Waals surface area contributed by atoms with Gasteiger partial charge in [-0.1, -0.05) is 18.5 Å². The van der Waals surface area contributed by atoms with Crippen LogP contribution in [0.4, 0.5) is 0 Å². The topological polar surface area (TPSA) is 33.2 Å². The van der Waals surface area contributed by atoms with Crippen molar-refractivity contribution >= 4 is 33.4 Å². The van der Waals surface area contributed by atoms with Gasteiger partial charge in [0, 0.05) is 23.8 Å². The van der Waals surface area contributed by atoms with E-state index >= 15 is 0 Å². The molecule has 0 saturated carbocycles. The fraction of sp³-hybridized carbons (Fsp3) is 0.500. The van der Waals surface area contributed by atoms with Crippen LogP contribution in [0, 0.1) is 5.92 Å². The van der Waals surface area contributed by atoms with Crippen molar-refractivity contribution in [3.05, 3.63) is 27.5 Å². The van der Waals surface area contributed by atoms with E-state index in [0.29, 0.717) is 11.5 Å². The molecule has 2 heterocycles. The zero-order valence-corrected chi connectivity index (χ0v) is 12.0. The molecule has 0 radical (unpaired) electrons. The zero-order chi connectivity index (χ0) is 12.4. The Morgan fingerprint density at radius 3 is 3.12 bits per heavy atom. The number of hydrogen-bond acceptors (Lipinski definition) is 2. The fourth-order valence-electron chi connectivity index (χ4n) is 2.12. The summed E-state index contributed by atoms with van der Waals surface area (Å²) in [4.78, 5) is 18.1. The third kappa shape index (κ3) is 2.99. The van der Waals surface area contributed by atoms with Gasteiger partial charge in [0.25, 0.3) is 5.91 Å². The Balaban J connectivity index is 2.21. The number of amides is 1. The fourth-order valence-corrected chi connectivity index (χ4v) is 2.63. The van der Waals surface area contributed by atoms with Crippen molar-refractivity contribution in [3.8, 4) is 0 Å². The van der Waals surface area contributed by atoms with Crippen LogP contribution in [-0.4, -0.2) is 28.9 Å². The van der Waals surface area contributed by atoms with Crippen LogP contribution in [0.2, 0.25) is 5.15 Å². The summed E-state index contributed by atoms with van der Waals surface area (Å²) in [6.07, 6.45) is 3.85. The quantitative estimate of drug-likeness (QED) is 0.744. The van der Waals surface area contributed by atoms with Crippen LogP contribution in [0.3, 0.4) is 0 Å². The van der Waals surface area contributed by atoms with E-state index in [-0.39, 0.29) is 11.1 Å². The predicted molar refractivity (Wildman–Crippen MR) is 71.2 cm³/mol. The number of pyridine rings is 1. The number of halogens is 2. The molecule has 1 saturated heterocycles. The van der Waals surface area contributed by atoms with Gasteiger partial charge in [0.2, 0.25) is 0 Å². The van der Waals surface area contributed by atoms with Gasteiger partial charge in [0.1, 0.15) is 5.15 Å². The summed E-state index contributed by atoms with van der Waals surface area (Å²) < 4.78 is 0.773. The van der Waals surface area contributed by atoms with Gasteiger partial charge in [0.15, 0.2) is 0 Å². The largest absolute Gasteiger partial charge is 0.338 e. The van der Waals surface area contributed by atoms with Crippen molar-refractivity contribution in [1.82, 2.24) is 9.88 Å². The number of aromatic nitrogens is 1. The van der Waals surface area contributed by atoms with E-state index in [0.717, 1.165) is 24.0 Å². The lowest BCUT2D eigenvalue weighted by atomic mass is 10.00. The van der Waals surface area contributed by atoms with E-state index in [1.807, 2.05) is 4.90 Å². The minimum atomic E-state index is -0.0182. The van der Waals surface area contributed by atoms with Crippen LogP contribution in [-0.2, 0) is 0 Å². The Bertz CT molecular complexity index is 439. The normalized spacial score (nSPS) is 20.4. The second-order valence-corrected chi connectivity index (χ2v) is 5.76. The molecule has 17 heavy (non-hydrogen) atoms. The first kappa shape index (κ1) is 12.8. The number of piperidine rings is 1. The molecule has 5 heteroatoms. The smallest absolute Gasteiger partial charge is 0.257 e. The Morgan fingerprint density at radius 1 is 1.65 bits per heavy atom. The summed E-state index contributed by atoms with van der Waals surface area (Å²) in [6.45, 7) is 3.79. The molecular formula is C12H14BrClN2O. The number of likely N-dealkylation sites (tertiary alicyclic amines) is 1. The number of carbonyl (C=O) groups excluding carboxylic acids is 1. The molecule has 1 aliphatic heterocycles. The molecule has 0 N–H and O–H groups in total. The van der Waals surface area contributed by atoms with Crippen LogP contribution < -0.4 is 0 Å². The second-order valence-electron chi connectivity index (χ2n) is 4.49. The average molecular weight is 318 g/mol. The van der Waals surface area contributed by atoms with Gasteiger partial charge in [0.05, 0.1) is 5.56 Å². The molecule has 0 bridgehead atoms. The molecule has 0 spiro atoms. The molecule has 1 atom stereocenters. The third-order valence-corrected chi connectivity index (χ3v) is 3.72. The van der Waals surface area contributed by atoms with E-state index in [9.17, 15) is 4.79 Å². The first-order chi connectivity index (χ1) is 8.08. The highest BCUT2D eigenvalue weighted by molar-refractivity contribution is 9.10. The Labute approximate surface area is 114 Å². The average Bonchev–Trinajstić information content (AvgIpc) is 2.31. The molecule has 1 amide bonds. The minimum Gasteiger partial charge on any atom is -0.338 e. The molecule has 92 valence electrons. The number of rotatable bonds is 1. The van der Waals surface area contributed by atoms with Gasteiger partial charge >= 0.3 is 0 Å². The summed E-state index contributed by atoms with van der Waals surface area (Å²) in [6, 6.07) is 1.73. The van der Waals surface area contributed by atoms with Crippen molar-refractivity contribution < 1.29 is 4.79 Å². The highest BCUT2D eigenvalue weighted by Crippen LogP contribution is 2.23. The van der Waals surface area contributed by atoms with Crippen LogP contribution in [0.5, 0.6) is 0 Å². The standard InChI is InChI=1S/C12H14BrClN2O/c1-8-3-2-4-16(7-8)12(17)10-5-9(13)6-15-11(10)14/h5-6,8H,2-4,7H2,1H3. The van der Waals surface area contributed by atoms with Gasteiger partial charge in [-0.15, -0.1) is 0 Å². The summed E-state index contributed by atoms with van der Waals surface area (Å²) in [5.74, 6) is 0.543. The number of hydrogen-bond donors (Lipinski definition) is 0. The number of nitrogens with zero attached hydrogens (tertiary/aromatic N) is 2. The van der Waals surface area contributed by atoms with E-state index in [2.05, 4.69) is 27.8 Å². The summed E-state index contributed by atoms with van der Waals surface area (Å²) in [7, 11) is 0. The van der Waals surface area contributed by atoms with Crippen LogP contribution >= 0.6 is 27.5 Å². The summed E-state index contributed by atoms with van der Waals surface area (Å²) >= 11 is 9.28. The molecule has 1 aliphatic rings. The highest BCUT2D eigenvalue weighted by atomic mass is 79.9. The SMILES string of the molecule is CC1CCCN(C(=O)c2cc(Br)cnc2Cl)C1. The lowest BCUT2D eigenvalue weighted by Crippen LogP contribution is -2.39. The number of carbonyl (C=O) groups is 1.